The first-order valence-electron chi connectivity index (χ1n) is 6.93. The zero-order valence-electron chi connectivity index (χ0n) is 11.4. The van der Waals surface area contributed by atoms with Crippen LogP contribution in [-0.4, -0.2) is 7.11 Å². The Kier molecular flexibility index (Phi) is 4.87. The summed E-state index contributed by atoms with van der Waals surface area (Å²) in [7, 11) is 1.68. The van der Waals surface area contributed by atoms with Crippen LogP contribution in [0.15, 0.2) is 22.7 Å². The zero-order valence-corrected chi connectivity index (χ0v) is 13.0. The molecule has 1 aromatic rings. The van der Waals surface area contributed by atoms with Gasteiger partial charge in [0.15, 0.2) is 0 Å². The van der Waals surface area contributed by atoms with Crippen molar-refractivity contribution in [1.82, 2.24) is 0 Å². The second-order valence-corrected chi connectivity index (χ2v) is 6.29. The van der Waals surface area contributed by atoms with Crippen molar-refractivity contribution in [2.24, 2.45) is 5.41 Å². The summed E-state index contributed by atoms with van der Waals surface area (Å²) >= 11 is 3.59. The van der Waals surface area contributed by atoms with Crippen molar-refractivity contribution < 1.29 is 4.74 Å². The van der Waals surface area contributed by atoms with E-state index in [4.69, 9.17) is 4.74 Å². The predicted molar refractivity (Wildman–Crippen MR) is 80.1 cm³/mol. The van der Waals surface area contributed by atoms with Crippen molar-refractivity contribution in [3.05, 3.63) is 28.2 Å². The minimum atomic E-state index is -0.189. The highest BCUT2D eigenvalue weighted by Gasteiger charge is 2.31. The van der Waals surface area contributed by atoms with E-state index in [0.717, 1.165) is 29.5 Å². The highest BCUT2D eigenvalue weighted by atomic mass is 79.9. The molecule has 0 aromatic heterocycles. The minimum Gasteiger partial charge on any atom is -0.497 e. The molecule has 0 aliphatic heterocycles. The average molecular weight is 322 g/mol. The quantitative estimate of drug-likeness (QED) is 0.744. The van der Waals surface area contributed by atoms with E-state index < -0.39 is 0 Å². The molecule has 0 amide bonds. The first kappa shape index (κ1) is 14.4. The molecule has 3 heteroatoms. The fourth-order valence-corrected chi connectivity index (χ4v) is 3.30. The van der Waals surface area contributed by atoms with Crippen LogP contribution in [0.3, 0.4) is 0 Å². The van der Waals surface area contributed by atoms with E-state index in [2.05, 4.69) is 22.0 Å². The number of nitrogens with zero attached hydrogens (tertiary/aromatic N) is 1. The van der Waals surface area contributed by atoms with Crippen molar-refractivity contribution in [2.75, 3.05) is 7.11 Å². The lowest BCUT2D eigenvalue weighted by molar-refractivity contribution is 0.337. The summed E-state index contributed by atoms with van der Waals surface area (Å²) in [5.74, 6) is 0.861. The van der Waals surface area contributed by atoms with Crippen molar-refractivity contribution in [3.8, 4) is 11.8 Å². The number of rotatable bonds is 3. The summed E-state index contributed by atoms with van der Waals surface area (Å²) in [5, 5.41) is 9.65. The molecule has 2 rings (SSSR count). The third kappa shape index (κ3) is 3.51. The monoisotopic (exact) mass is 321 g/mol. The van der Waals surface area contributed by atoms with Gasteiger partial charge in [-0.3, -0.25) is 0 Å². The van der Waals surface area contributed by atoms with E-state index >= 15 is 0 Å². The number of hydrogen-bond donors (Lipinski definition) is 0. The molecular weight excluding hydrogens is 302 g/mol. The standard InChI is InChI=1S/C16H20BrNO/c1-19-14-6-7-15(17)13(10-14)11-16(12-18)8-4-2-3-5-9-16/h6-7,10H,2-5,8-9,11H2,1H3. The largest absolute Gasteiger partial charge is 0.497 e. The van der Waals surface area contributed by atoms with E-state index in [1.54, 1.807) is 7.11 Å². The van der Waals surface area contributed by atoms with Gasteiger partial charge in [0.05, 0.1) is 18.6 Å². The van der Waals surface area contributed by atoms with Gasteiger partial charge in [0.25, 0.3) is 0 Å². The van der Waals surface area contributed by atoms with Gasteiger partial charge in [-0.05, 0) is 43.0 Å². The maximum absolute atomic E-state index is 9.65. The van der Waals surface area contributed by atoms with Crippen LogP contribution >= 0.6 is 15.9 Å². The fourth-order valence-electron chi connectivity index (χ4n) is 2.91. The Bertz CT molecular complexity index is 470. The Morgan fingerprint density at radius 1 is 1.26 bits per heavy atom. The highest BCUT2D eigenvalue weighted by Crippen LogP contribution is 2.39. The summed E-state index contributed by atoms with van der Waals surface area (Å²) in [6.45, 7) is 0. The predicted octanol–water partition coefficient (Wildman–Crippen LogP) is 4.86. The average Bonchev–Trinajstić information content (AvgIpc) is 2.67. The molecule has 0 heterocycles. The van der Waals surface area contributed by atoms with Crippen LogP contribution in [0.2, 0.25) is 0 Å². The molecule has 0 N–H and O–H groups in total. The molecule has 1 saturated carbocycles. The zero-order chi connectivity index (χ0) is 13.7. The van der Waals surface area contributed by atoms with Gasteiger partial charge in [-0.2, -0.15) is 5.26 Å². The van der Waals surface area contributed by atoms with Gasteiger partial charge in [0.1, 0.15) is 5.75 Å². The van der Waals surface area contributed by atoms with Crippen LogP contribution < -0.4 is 4.74 Å². The van der Waals surface area contributed by atoms with Crippen LogP contribution in [0, 0.1) is 16.7 Å². The molecular formula is C16H20BrNO. The number of benzene rings is 1. The van der Waals surface area contributed by atoms with Gasteiger partial charge in [-0.25, -0.2) is 0 Å². The van der Waals surface area contributed by atoms with Gasteiger partial charge >= 0.3 is 0 Å². The summed E-state index contributed by atoms with van der Waals surface area (Å²) in [5.41, 5.74) is 0.994. The lowest BCUT2D eigenvalue weighted by Gasteiger charge is -2.25. The van der Waals surface area contributed by atoms with E-state index in [1.807, 2.05) is 18.2 Å². The molecule has 1 fully saturated rings. The van der Waals surface area contributed by atoms with E-state index in [9.17, 15) is 5.26 Å². The van der Waals surface area contributed by atoms with E-state index in [-0.39, 0.29) is 5.41 Å². The fraction of sp³-hybridized carbons (Fsp3) is 0.562. The molecule has 0 spiro atoms. The Morgan fingerprint density at radius 3 is 2.53 bits per heavy atom. The Balaban J connectivity index is 2.24. The van der Waals surface area contributed by atoms with Gasteiger partial charge in [-0.1, -0.05) is 41.6 Å². The van der Waals surface area contributed by atoms with Crippen molar-refractivity contribution in [3.63, 3.8) is 0 Å². The number of hydrogen-bond acceptors (Lipinski definition) is 2. The summed E-state index contributed by atoms with van der Waals surface area (Å²) in [4.78, 5) is 0. The molecule has 1 aromatic carbocycles. The smallest absolute Gasteiger partial charge is 0.119 e. The molecule has 19 heavy (non-hydrogen) atoms. The molecule has 102 valence electrons. The SMILES string of the molecule is COc1ccc(Br)c(CC2(C#N)CCCCCC2)c1. The maximum atomic E-state index is 9.65. The second-order valence-electron chi connectivity index (χ2n) is 5.44. The lowest BCUT2D eigenvalue weighted by atomic mass is 9.77. The Labute approximate surface area is 123 Å². The van der Waals surface area contributed by atoms with E-state index in [1.165, 1.54) is 31.2 Å². The Morgan fingerprint density at radius 2 is 1.95 bits per heavy atom. The maximum Gasteiger partial charge on any atom is 0.119 e. The summed E-state index contributed by atoms with van der Waals surface area (Å²) in [6, 6.07) is 8.61. The normalized spacial score (nSPS) is 18.4. The molecule has 0 radical (unpaired) electrons. The van der Waals surface area contributed by atoms with Crippen LogP contribution in [-0.2, 0) is 6.42 Å². The molecule has 1 aliphatic carbocycles. The first-order valence-corrected chi connectivity index (χ1v) is 7.72. The first-order chi connectivity index (χ1) is 9.19. The van der Waals surface area contributed by atoms with Gasteiger partial charge in [0, 0.05) is 4.47 Å². The number of ether oxygens (including phenoxy) is 1. The van der Waals surface area contributed by atoms with Crippen molar-refractivity contribution in [1.29, 1.82) is 5.26 Å². The molecule has 2 nitrogen and oxygen atoms in total. The lowest BCUT2D eigenvalue weighted by Crippen LogP contribution is -2.21. The second kappa shape index (κ2) is 6.43. The van der Waals surface area contributed by atoms with Crippen LogP contribution in [0.5, 0.6) is 5.75 Å². The Hall–Kier alpha value is -1.01. The van der Waals surface area contributed by atoms with E-state index in [0.29, 0.717) is 0 Å². The highest BCUT2D eigenvalue weighted by molar-refractivity contribution is 9.10. The minimum absolute atomic E-state index is 0.189. The third-order valence-electron chi connectivity index (χ3n) is 4.08. The topological polar surface area (TPSA) is 33.0 Å². The van der Waals surface area contributed by atoms with Crippen molar-refractivity contribution >= 4 is 15.9 Å². The van der Waals surface area contributed by atoms with Gasteiger partial charge < -0.3 is 4.74 Å². The molecule has 0 bridgehead atoms. The van der Waals surface area contributed by atoms with Crippen molar-refractivity contribution in [2.45, 2.75) is 44.9 Å². The molecule has 0 atom stereocenters. The van der Waals surface area contributed by atoms with Crippen LogP contribution in [0.25, 0.3) is 0 Å². The summed E-state index contributed by atoms with van der Waals surface area (Å²) in [6.07, 6.45) is 7.75. The summed E-state index contributed by atoms with van der Waals surface area (Å²) < 4.78 is 6.36. The molecule has 0 unspecified atom stereocenters. The molecule has 1 aliphatic rings. The number of methoxy groups -OCH3 is 1. The van der Waals surface area contributed by atoms with Gasteiger partial charge in [-0.15, -0.1) is 0 Å². The van der Waals surface area contributed by atoms with Gasteiger partial charge in [0.2, 0.25) is 0 Å². The van der Waals surface area contributed by atoms with Crippen LogP contribution in [0.1, 0.15) is 44.1 Å². The van der Waals surface area contributed by atoms with Crippen LogP contribution in [0.4, 0.5) is 0 Å². The third-order valence-corrected chi connectivity index (χ3v) is 4.85. The number of nitriles is 1. The molecule has 0 saturated heterocycles. The number of halogens is 1.